The van der Waals surface area contributed by atoms with Gasteiger partial charge in [0.05, 0.1) is 15.9 Å². The van der Waals surface area contributed by atoms with Crippen molar-refractivity contribution < 1.29 is 0 Å². The number of hydrogen-bond acceptors (Lipinski definition) is 3. The summed E-state index contributed by atoms with van der Waals surface area (Å²) < 4.78 is 2.34. The summed E-state index contributed by atoms with van der Waals surface area (Å²) in [6.45, 7) is 0. The van der Waals surface area contributed by atoms with Crippen molar-refractivity contribution in [2.45, 2.75) is 0 Å². The normalized spacial score (nSPS) is 11.3. The third kappa shape index (κ3) is 5.61. The van der Waals surface area contributed by atoms with Crippen molar-refractivity contribution in [2.24, 2.45) is 0 Å². The maximum Gasteiger partial charge on any atom is 0.160 e. The van der Waals surface area contributed by atoms with Crippen LogP contribution in [0.5, 0.6) is 0 Å². The molecule has 0 saturated carbocycles. The second-order valence-corrected chi connectivity index (χ2v) is 13.3. The Morgan fingerprint density at radius 2 is 0.755 bits per heavy atom. The van der Waals surface area contributed by atoms with Gasteiger partial charge in [-0.25, -0.2) is 9.97 Å². The maximum atomic E-state index is 5.20. The topological polar surface area (TPSA) is 25.8 Å². The second-order valence-electron chi connectivity index (χ2n) is 12.2. The van der Waals surface area contributed by atoms with Gasteiger partial charge in [-0.2, -0.15) is 0 Å². The molecular formula is C46H30N2S. The molecule has 0 atom stereocenters. The van der Waals surface area contributed by atoms with E-state index in [1.807, 2.05) is 6.07 Å². The first-order chi connectivity index (χ1) is 24.3. The van der Waals surface area contributed by atoms with Crippen molar-refractivity contribution in [3.05, 3.63) is 182 Å². The maximum absolute atomic E-state index is 5.20. The minimum atomic E-state index is 0.735. The highest BCUT2D eigenvalue weighted by Crippen LogP contribution is 2.40. The van der Waals surface area contributed by atoms with Crippen molar-refractivity contribution in [3.63, 3.8) is 0 Å². The fourth-order valence-electron chi connectivity index (χ4n) is 6.59. The Hall–Kier alpha value is -6.16. The first-order valence-corrected chi connectivity index (χ1v) is 17.3. The molecule has 230 valence electrons. The van der Waals surface area contributed by atoms with Crippen LogP contribution in [0.4, 0.5) is 0 Å². The lowest BCUT2D eigenvalue weighted by Crippen LogP contribution is -1.94. The fourth-order valence-corrected chi connectivity index (χ4v) is 7.75. The number of aromatic nitrogens is 2. The lowest BCUT2D eigenvalue weighted by molar-refractivity contribution is 1.24. The lowest BCUT2D eigenvalue weighted by atomic mass is 9.95. The minimum Gasteiger partial charge on any atom is -0.226 e. The van der Waals surface area contributed by atoms with Gasteiger partial charge in [-0.1, -0.05) is 158 Å². The quantitative estimate of drug-likeness (QED) is 0.180. The van der Waals surface area contributed by atoms with Crippen LogP contribution in [0.25, 0.3) is 87.5 Å². The fraction of sp³-hybridized carbons (Fsp3) is 0. The zero-order valence-electron chi connectivity index (χ0n) is 26.6. The summed E-state index contributed by atoms with van der Waals surface area (Å²) in [6, 6.07) is 64.5. The van der Waals surface area contributed by atoms with Crippen LogP contribution in [0.1, 0.15) is 0 Å². The molecule has 0 aliphatic rings. The Morgan fingerprint density at radius 1 is 0.327 bits per heavy atom. The average molecular weight is 643 g/mol. The molecule has 0 spiro atoms. The highest BCUT2D eigenvalue weighted by atomic mass is 32.1. The van der Waals surface area contributed by atoms with Gasteiger partial charge in [-0.15, -0.1) is 11.3 Å². The summed E-state index contributed by atoms with van der Waals surface area (Å²) in [5, 5.41) is 1.17. The van der Waals surface area contributed by atoms with Gasteiger partial charge >= 0.3 is 0 Å². The molecule has 3 heteroatoms. The van der Waals surface area contributed by atoms with E-state index in [1.165, 1.54) is 43.5 Å². The third-order valence-corrected chi connectivity index (χ3v) is 10.3. The van der Waals surface area contributed by atoms with Crippen LogP contribution in [-0.4, -0.2) is 9.97 Å². The smallest absolute Gasteiger partial charge is 0.160 e. The molecule has 0 aliphatic heterocycles. The monoisotopic (exact) mass is 642 g/mol. The second kappa shape index (κ2) is 12.5. The molecule has 2 heterocycles. The third-order valence-electron chi connectivity index (χ3n) is 9.10. The van der Waals surface area contributed by atoms with Crippen molar-refractivity contribution in [1.29, 1.82) is 0 Å². The summed E-state index contributed by atoms with van der Waals surface area (Å²) in [7, 11) is 0. The standard InChI is InChI=1S/C46H30N2S/c1-3-12-31(13-4-1)32-24-26-33(27-25-32)35-16-9-17-36(28-35)37-18-10-19-38(29-37)39-20-11-21-40(30-39)46-47-43(34-14-5-2-6-15-34)45-44(48-46)41-22-7-8-23-42(41)49-45/h1-30H. The number of rotatable bonds is 6. The van der Waals surface area contributed by atoms with E-state index in [1.54, 1.807) is 11.3 Å². The van der Waals surface area contributed by atoms with Crippen LogP contribution in [0.2, 0.25) is 0 Å². The number of fused-ring (bicyclic) bond motifs is 3. The number of hydrogen-bond donors (Lipinski definition) is 0. The van der Waals surface area contributed by atoms with E-state index in [4.69, 9.17) is 9.97 Å². The average Bonchev–Trinajstić information content (AvgIpc) is 3.57. The number of benzene rings is 7. The van der Waals surface area contributed by atoms with Gasteiger partial charge in [-0.3, -0.25) is 0 Å². The van der Waals surface area contributed by atoms with E-state index in [9.17, 15) is 0 Å². The van der Waals surface area contributed by atoms with Crippen molar-refractivity contribution in [1.82, 2.24) is 9.97 Å². The van der Waals surface area contributed by atoms with Gasteiger partial charge < -0.3 is 0 Å². The van der Waals surface area contributed by atoms with E-state index in [2.05, 4.69) is 176 Å². The molecule has 0 amide bonds. The highest BCUT2D eigenvalue weighted by Gasteiger charge is 2.17. The van der Waals surface area contributed by atoms with Gasteiger partial charge in [0.25, 0.3) is 0 Å². The summed E-state index contributed by atoms with van der Waals surface area (Å²) in [5.74, 6) is 0.735. The van der Waals surface area contributed by atoms with Crippen molar-refractivity contribution in [3.8, 4) is 67.2 Å². The molecule has 49 heavy (non-hydrogen) atoms. The van der Waals surface area contributed by atoms with Crippen LogP contribution in [0.15, 0.2) is 182 Å². The van der Waals surface area contributed by atoms with Crippen LogP contribution in [-0.2, 0) is 0 Å². The summed E-state index contributed by atoms with van der Waals surface area (Å²) in [6.07, 6.45) is 0. The van der Waals surface area contributed by atoms with E-state index in [0.29, 0.717) is 0 Å². The van der Waals surface area contributed by atoms with Gasteiger partial charge in [-0.05, 0) is 68.8 Å². The van der Waals surface area contributed by atoms with Crippen molar-refractivity contribution >= 4 is 31.6 Å². The molecule has 0 bridgehead atoms. The Labute approximate surface area is 289 Å². The summed E-state index contributed by atoms with van der Waals surface area (Å²) in [5.41, 5.74) is 13.6. The molecular weight excluding hydrogens is 613 g/mol. The molecule has 0 saturated heterocycles. The number of nitrogens with zero attached hydrogens (tertiary/aromatic N) is 2. The SMILES string of the molecule is c1ccc(-c2ccc(-c3cccc(-c4cccc(-c5cccc(-c6nc(-c7ccccc7)c7sc8ccccc8c7n6)c5)c4)c3)cc2)cc1. The minimum absolute atomic E-state index is 0.735. The van der Waals surface area contributed by atoms with E-state index in [-0.39, 0.29) is 0 Å². The Morgan fingerprint density at radius 3 is 1.37 bits per heavy atom. The van der Waals surface area contributed by atoms with Gasteiger partial charge in [0.15, 0.2) is 5.82 Å². The molecule has 0 unspecified atom stereocenters. The largest absolute Gasteiger partial charge is 0.226 e. The lowest BCUT2D eigenvalue weighted by Gasteiger charge is -2.11. The van der Waals surface area contributed by atoms with Crippen LogP contribution in [0.3, 0.4) is 0 Å². The molecule has 0 fully saturated rings. The van der Waals surface area contributed by atoms with Crippen molar-refractivity contribution in [2.75, 3.05) is 0 Å². The van der Waals surface area contributed by atoms with Crippen LogP contribution in [0, 0.1) is 0 Å². The Balaban J connectivity index is 1.07. The van der Waals surface area contributed by atoms with Gasteiger partial charge in [0, 0.05) is 21.2 Å². The predicted molar refractivity (Wildman–Crippen MR) is 208 cm³/mol. The molecule has 0 radical (unpaired) electrons. The molecule has 7 aromatic carbocycles. The highest BCUT2D eigenvalue weighted by molar-refractivity contribution is 7.26. The molecule has 9 rings (SSSR count). The van der Waals surface area contributed by atoms with Gasteiger partial charge in [0.2, 0.25) is 0 Å². The van der Waals surface area contributed by atoms with E-state index in [0.717, 1.165) is 44.0 Å². The molecule has 2 nitrogen and oxygen atoms in total. The van der Waals surface area contributed by atoms with Crippen LogP contribution < -0.4 is 0 Å². The zero-order chi connectivity index (χ0) is 32.6. The van der Waals surface area contributed by atoms with E-state index >= 15 is 0 Å². The molecule has 2 aromatic heterocycles. The summed E-state index contributed by atoms with van der Waals surface area (Å²) >= 11 is 1.76. The number of thiophene rings is 1. The first-order valence-electron chi connectivity index (χ1n) is 16.5. The predicted octanol–water partition coefficient (Wildman–Crippen LogP) is 12.8. The Kier molecular flexibility index (Phi) is 7.38. The van der Waals surface area contributed by atoms with Gasteiger partial charge in [0.1, 0.15) is 0 Å². The molecule has 9 aromatic rings. The Bertz CT molecular complexity index is 2590. The molecule has 0 aliphatic carbocycles. The molecule has 0 N–H and O–H groups in total. The first kappa shape index (κ1) is 29.0. The van der Waals surface area contributed by atoms with Crippen LogP contribution >= 0.6 is 11.3 Å². The zero-order valence-corrected chi connectivity index (χ0v) is 27.4. The summed E-state index contributed by atoms with van der Waals surface area (Å²) in [4.78, 5) is 10.4. The van der Waals surface area contributed by atoms with E-state index < -0.39 is 0 Å².